The van der Waals surface area contributed by atoms with Crippen LogP contribution >= 0.6 is 0 Å². The molecule has 0 aliphatic heterocycles. The van der Waals surface area contributed by atoms with Gasteiger partial charge in [0.05, 0.1) is 0 Å². The van der Waals surface area contributed by atoms with Gasteiger partial charge in [-0.15, -0.1) is 0 Å². The lowest BCUT2D eigenvalue weighted by Crippen LogP contribution is -1.93. The van der Waals surface area contributed by atoms with E-state index in [-0.39, 0.29) is 0 Å². The van der Waals surface area contributed by atoms with Gasteiger partial charge in [0.1, 0.15) is 0 Å². The van der Waals surface area contributed by atoms with E-state index in [0.29, 0.717) is 21.7 Å². The highest BCUT2D eigenvalue weighted by molar-refractivity contribution is 5.12. The number of pyridine rings is 1. The van der Waals surface area contributed by atoms with Crippen molar-refractivity contribution in [1.82, 2.24) is 4.98 Å². The van der Waals surface area contributed by atoms with Crippen LogP contribution in [0, 0.1) is 21.7 Å². The zero-order chi connectivity index (χ0) is 25.8. The number of rotatable bonds is 0. The number of aromatic nitrogens is 1. The first kappa shape index (κ1) is 37.0. The lowest BCUT2D eigenvalue weighted by molar-refractivity contribution is 0.469. The highest BCUT2D eigenvalue weighted by atomic mass is 14.6. The van der Waals surface area contributed by atoms with E-state index in [1.165, 1.54) is 0 Å². The summed E-state index contributed by atoms with van der Waals surface area (Å²) in [6.45, 7) is 35.0. The third kappa shape index (κ3) is 219. The molecule has 0 unspecified atom stereocenters. The van der Waals surface area contributed by atoms with Crippen LogP contribution in [0.1, 0.15) is 117 Å². The second kappa shape index (κ2) is 19.3. The fraction of sp³-hybridized carbons (Fsp3) is 0.700. The van der Waals surface area contributed by atoms with Crippen molar-refractivity contribution < 1.29 is 0 Å². The van der Waals surface area contributed by atoms with Crippen LogP contribution in [0.5, 0.6) is 0 Å². The summed E-state index contributed by atoms with van der Waals surface area (Å²) in [7, 11) is 0. The molecular weight excluding hydrogens is 374 g/mol. The second-order valence-electron chi connectivity index (χ2n) is 14.1. The largest absolute Gasteiger partial charge is 0.265 e. The molecule has 1 aromatic rings. The van der Waals surface area contributed by atoms with Crippen LogP contribution in [0.4, 0.5) is 0 Å². The van der Waals surface area contributed by atoms with Crippen LogP contribution in [-0.4, -0.2) is 4.98 Å². The fourth-order valence-electron chi connectivity index (χ4n) is 0.705. The summed E-state index contributed by atoms with van der Waals surface area (Å²) in [4.78, 5) is 3.78. The van der Waals surface area contributed by atoms with Crippen molar-refractivity contribution in [2.75, 3.05) is 0 Å². The van der Waals surface area contributed by atoms with Gasteiger partial charge in [-0.3, -0.25) is 4.98 Å². The normalized spacial score (nSPS) is 12.1. The third-order valence-corrected chi connectivity index (χ3v) is 1.22. The van der Waals surface area contributed by atoms with Gasteiger partial charge in [0.15, 0.2) is 0 Å². The molecule has 31 heavy (non-hydrogen) atoms. The Morgan fingerprint density at radius 1 is 0.419 bits per heavy atom. The Balaban J connectivity index is -0.000000141. The molecule has 0 saturated carbocycles. The van der Waals surface area contributed by atoms with Gasteiger partial charge >= 0.3 is 0 Å². The van der Waals surface area contributed by atoms with Gasteiger partial charge in [0.25, 0.3) is 0 Å². The minimum Gasteiger partial charge on any atom is -0.265 e. The molecule has 0 bridgehead atoms. The van der Waals surface area contributed by atoms with Crippen LogP contribution in [0.25, 0.3) is 0 Å². The molecule has 0 saturated heterocycles. The van der Waals surface area contributed by atoms with Gasteiger partial charge in [0.2, 0.25) is 0 Å². The minimum absolute atomic E-state index is 0.500. The van der Waals surface area contributed by atoms with E-state index in [2.05, 4.69) is 140 Å². The first-order valence-electron chi connectivity index (χ1n) is 11.7. The topological polar surface area (TPSA) is 12.9 Å². The maximum Gasteiger partial charge on any atom is 0.0267 e. The Morgan fingerprint density at radius 2 is 0.645 bits per heavy atom. The summed E-state index contributed by atoms with van der Waals surface area (Å²) < 4.78 is 0. The summed E-state index contributed by atoms with van der Waals surface area (Å²) in [6.07, 6.45) is 13.0. The standard InChI is InChI=1S/C5H5N.C5H6.4C5H12/c1-2-4-6-5-3-1;1-2-4-5-3-1;4*1-5(2,3)4/h1-5H;1-4H,5H2;4*1-4H3. The molecule has 1 heteroatoms. The van der Waals surface area contributed by atoms with Gasteiger partial charge in [-0.1, -0.05) is 141 Å². The Labute approximate surface area is 198 Å². The first-order chi connectivity index (χ1) is 13.5. The highest BCUT2D eigenvalue weighted by Crippen LogP contribution is 2.09. The van der Waals surface area contributed by atoms with E-state index in [9.17, 15) is 0 Å². The van der Waals surface area contributed by atoms with Crippen molar-refractivity contribution in [3.63, 3.8) is 0 Å². The number of allylic oxidation sites excluding steroid dienone is 4. The molecule has 184 valence electrons. The van der Waals surface area contributed by atoms with Crippen LogP contribution in [-0.2, 0) is 0 Å². The van der Waals surface area contributed by atoms with E-state index in [1.54, 1.807) is 12.4 Å². The molecule has 1 aliphatic rings. The maximum atomic E-state index is 3.78. The summed E-state index contributed by atoms with van der Waals surface area (Å²) in [5.41, 5.74) is 2.00. The summed E-state index contributed by atoms with van der Waals surface area (Å²) in [6, 6.07) is 5.72. The highest BCUT2D eigenvalue weighted by Gasteiger charge is 1.96. The molecule has 0 radical (unpaired) electrons. The Hall–Kier alpha value is -1.37. The Bertz CT molecular complexity index is 400. The Kier molecular flexibility index (Phi) is 23.0. The monoisotopic (exact) mass is 433 g/mol. The lowest BCUT2D eigenvalue weighted by atomic mass is 10.0. The summed E-state index contributed by atoms with van der Waals surface area (Å²) in [5, 5.41) is 0. The zero-order valence-corrected chi connectivity index (χ0v) is 24.4. The number of nitrogens with zero attached hydrogens (tertiary/aromatic N) is 1. The molecular formula is C30H59N. The Morgan fingerprint density at radius 3 is 0.710 bits per heavy atom. The molecule has 1 nitrogen and oxygen atoms in total. The zero-order valence-electron chi connectivity index (χ0n) is 24.4. The summed E-state index contributed by atoms with van der Waals surface area (Å²) >= 11 is 0. The fourth-order valence-corrected chi connectivity index (χ4v) is 0.705. The predicted octanol–water partition coefficient (Wildman–Crippen LogP) is 10.8. The van der Waals surface area contributed by atoms with Crippen LogP contribution < -0.4 is 0 Å². The van der Waals surface area contributed by atoms with Gasteiger partial charge in [-0.25, -0.2) is 0 Å². The molecule has 0 atom stereocenters. The van der Waals surface area contributed by atoms with Crippen molar-refractivity contribution in [1.29, 1.82) is 0 Å². The van der Waals surface area contributed by atoms with Crippen molar-refractivity contribution in [2.45, 2.75) is 117 Å². The van der Waals surface area contributed by atoms with E-state index < -0.39 is 0 Å². The molecule has 0 aromatic carbocycles. The van der Waals surface area contributed by atoms with Crippen LogP contribution in [0.2, 0.25) is 0 Å². The third-order valence-electron chi connectivity index (χ3n) is 1.22. The lowest BCUT2D eigenvalue weighted by Gasteiger charge is -2.05. The van der Waals surface area contributed by atoms with E-state index in [1.807, 2.05) is 18.2 Å². The van der Waals surface area contributed by atoms with Crippen molar-refractivity contribution in [2.24, 2.45) is 21.7 Å². The molecule has 0 amide bonds. The molecule has 1 heterocycles. The summed E-state index contributed by atoms with van der Waals surface area (Å²) in [5.74, 6) is 0. The quantitative estimate of drug-likeness (QED) is 0.396. The molecule has 0 N–H and O–H groups in total. The van der Waals surface area contributed by atoms with Gasteiger partial charge in [0, 0.05) is 12.4 Å². The molecule has 2 rings (SSSR count). The average molecular weight is 434 g/mol. The van der Waals surface area contributed by atoms with Crippen molar-refractivity contribution >= 4 is 0 Å². The minimum atomic E-state index is 0.500. The molecule has 1 aliphatic carbocycles. The second-order valence-corrected chi connectivity index (χ2v) is 14.1. The van der Waals surface area contributed by atoms with Crippen molar-refractivity contribution in [3.05, 3.63) is 54.9 Å². The van der Waals surface area contributed by atoms with Crippen molar-refractivity contribution in [3.8, 4) is 0 Å². The maximum absolute atomic E-state index is 3.78. The van der Waals surface area contributed by atoms with E-state index in [0.717, 1.165) is 6.42 Å². The SMILES string of the molecule is C1=CCC=C1.CC(C)(C)C.CC(C)(C)C.CC(C)(C)C.CC(C)(C)C.c1ccncc1. The van der Waals surface area contributed by atoms with Gasteiger partial charge in [-0.2, -0.15) is 0 Å². The first-order valence-corrected chi connectivity index (χ1v) is 11.7. The van der Waals surface area contributed by atoms with Crippen LogP contribution in [0.3, 0.4) is 0 Å². The predicted molar refractivity (Wildman–Crippen MR) is 148 cm³/mol. The van der Waals surface area contributed by atoms with Crippen LogP contribution in [0.15, 0.2) is 54.9 Å². The molecule has 1 aromatic heterocycles. The smallest absolute Gasteiger partial charge is 0.0267 e. The van der Waals surface area contributed by atoms with Gasteiger partial charge < -0.3 is 0 Å². The number of hydrogen-bond donors (Lipinski definition) is 0. The molecule has 0 spiro atoms. The average Bonchev–Trinajstić information content (AvgIpc) is 3.01. The van der Waals surface area contributed by atoms with E-state index >= 15 is 0 Å². The van der Waals surface area contributed by atoms with E-state index in [4.69, 9.17) is 0 Å². The molecule has 0 fully saturated rings. The van der Waals surface area contributed by atoms with Gasteiger partial charge in [-0.05, 0) is 40.2 Å². The number of hydrogen-bond acceptors (Lipinski definition) is 1.